The molecular weight excluding hydrogens is 448 g/mol. The number of hydrogen-bond acceptors (Lipinski definition) is 8. The van der Waals surface area contributed by atoms with Gasteiger partial charge in [0.05, 0.1) is 22.1 Å². The van der Waals surface area contributed by atoms with Crippen LogP contribution in [0.1, 0.15) is 18.3 Å². The molecule has 6 nitrogen and oxygen atoms in total. The van der Waals surface area contributed by atoms with Gasteiger partial charge in [0, 0.05) is 12.3 Å². The van der Waals surface area contributed by atoms with E-state index in [4.69, 9.17) is 4.74 Å². The van der Waals surface area contributed by atoms with Crippen molar-refractivity contribution in [3.8, 4) is 5.75 Å². The molecule has 0 aliphatic carbocycles. The van der Waals surface area contributed by atoms with Crippen LogP contribution in [-0.2, 0) is 12.3 Å². The standard InChI is InChI=1S/C22H24N4O2S3/c1-3-26-20(14-30-22-23-18-6-4-5-7-19(18)31-22)24-25-21(26)29-13-16(27)12-28-17-10-8-15(2)9-11-17/h4-11,16,27H,3,12-14H2,1-2H3/t16-/m1/s1. The Balaban J connectivity index is 1.30. The van der Waals surface area contributed by atoms with Crippen LogP contribution in [0.4, 0.5) is 0 Å². The van der Waals surface area contributed by atoms with E-state index in [0.717, 1.165) is 33.1 Å². The monoisotopic (exact) mass is 472 g/mol. The van der Waals surface area contributed by atoms with Gasteiger partial charge in [-0.2, -0.15) is 0 Å². The van der Waals surface area contributed by atoms with E-state index in [-0.39, 0.29) is 6.61 Å². The lowest BCUT2D eigenvalue weighted by Crippen LogP contribution is -2.20. The minimum Gasteiger partial charge on any atom is -0.491 e. The molecule has 0 spiro atoms. The number of ether oxygens (including phenoxy) is 1. The molecule has 9 heteroatoms. The zero-order valence-corrected chi connectivity index (χ0v) is 19.8. The number of nitrogens with zero attached hydrogens (tertiary/aromatic N) is 4. The third-order valence-corrected chi connectivity index (χ3v) is 7.86. The van der Waals surface area contributed by atoms with Crippen molar-refractivity contribution in [1.82, 2.24) is 19.7 Å². The van der Waals surface area contributed by atoms with E-state index in [1.165, 1.54) is 22.0 Å². The van der Waals surface area contributed by atoms with Gasteiger partial charge in [0.1, 0.15) is 18.2 Å². The highest BCUT2D eigenvalue weighted by Gasteiger charge is 2.15. The molecule has 0 bridgehead atoms. The first kappa shape index (κ1) is 22.1. The summed E-state index contributed by atoms with van der Waals surface area (Å²) < 4.78 is 9.99. The number of thiazole rings is 1. The Labute approximate surface area is 194 Å². The largest absolute Gasteiger partial charge is 0.491 e. The lowest BCUT2D eigenvalue weighted by Gasteiger charge is -2.12. The molecule has 2 aromatic heterocycles. The molecule has 0 saturated carbocycles. The van der Waals surface area contributed by atoms with Crippen molar-refractivity contribution in [1.29, 1.82) is 0 Å². The Bertz CT molecular complexity index is 1090. The summed E-state index contributed by atoms with van der Waals surface area (Å²) in [6.45, 7) is 5.14. The van der Waals surface area contributed by atoms with Gasteiger partial charge in [0.25, 0.3) is 0 Å². The molecule has 4 rings (SSSR count). The quantitative estimate of drug-likeness (QED) is 0.324. The van der Waals surface area contributed by atoms with Crippen molar-refractivity contribution in [2.75, 3.05) is 12.4 Å². The molecule has 0 aliphatic heterocycles. The second-order valence-corrected chi connectivity index (χ2v) is 10.2. The second kappa shape index (κ2) is 10.5. The van der Waals surface area contributed by atoms with Gasteiger partial charge in [0.2, 0.25) is 0 Å². The van der Waals surface area contributed by atoms with Crippen molar-refractivity contribution in [3.63, 3.8) is 0 Å². The van der Waals surface area contributed by atoms with Gasteiger partial charge >= 0.3 is 0 Å². The van der Waals surface area contributed by atoms with E-state index in [1.54, 1.807) is 23.1 Å². The minimum atomic E-state index is -0.589. The maximum atomic E-state index is 10.3. The second-order valence-electron chi connectivity index (χ2n) is 6.97. The Morgan fingerprint density at radius 1 is 1.10 bits per heavy atom. The maximum Gasteiger partial charge on any atom is 0.191 e. The molecule has 0 fully saturated rings. The molecule has 0 amide bonds. The Morgan fingerprint density at radius 3 is 2.68 bits per heavy atom. The highest BCUT2D eigenvalue weighted by molar-refractivity contribution is 8.00. The fourth-order valence-electron chi connectivity index (χ4n) is 2.94. The molecule has 0 aliphatic rings. The van der Waals surface area contributed by atoms with Crippen LogP contribution in [0.15, 0.2) is 58.0 Å². The first-order valence-corrected chi connectivity index (χ1v) is 12.8. The van der Waals surface area contributed by atoms with Crippen LogP contribution < -0.4 is 4.74 Å². The van der Waals surface area contributed by atoms with E-state index in [2.05, 4.69) is 32.7 Å². The van der Waals surface area contributed by atoms with Crippen molar-refractivity contribution >= 4 is 45.1 Å². The number of aromatic nitrogens is 4. The predicted octanol–water partition coefficient (Wildman–Crippen LogP) is 5.04. The number of aryl methyl sites for hydroxylation is 1. The molecule has 0 radical (unpaired) electrons. The minimum absolute atomic E-state index is 0.247. The molecule has 2 heterocycles. The molecule has 1 atom stereocenters. The number of thioether (sulfide) groups is 2. The summed E-state index contributed by atoms with van der Waals surface area (Å²) in [6.07, 6.45) is -0.589. The predicted molar refractivity (Wildman–Crippen MR) is 128 cm³/mol. The highest BCUT2D eigenvalue weighted by atomic mass is 32.2. The van der Waals surface area contributed by atoms with Crippen LogP contribution in [-0.4, -0.2) is 43.3 Å². The summed E-state index contributed by atoms with van der Waals surface area (Å²) in [7, 11) is 0. The van der Waals surface area contributed by atoms with Gasteiger partial charge in [-0.1, -0.05) is 53.4 Å². The molecule has 2 aromatic carbocycles. The maximum absolute atomic E-state index is 10.3. The molecule has 162 valence electrons. The average Bonchev–Trinajstić information content (AvgIpc) is 3.38. The number of benzene rings is 2. The van der Waals surface area contributed by atoms with E-state index in [1.807, 2.05) is 49.4 Å². The fraction of sp³-hybridized carbons (Fsp3) is 0.318. The summed E-state index contributed by atoms with van der Waals surface area (Å²) in [5, 5.41) is 19.8. The summed E-state index contributed by atoms with van der Waals surface area (Å²) in [5.74, 6) is 2.88. The zero-order valence-electron chi connectivity index (χ0n) is 17.4. The first-order valence-electron chi connectivity index (χ1n) is 10.0. The van der Waals surface area contributed by atoms with Crippen LogP contribution >= 0.6 is 34.9 Å². The molecule has 4 aromatic rings. The normalized spacial score (nSPS) is 12.4. The molecular formula is C22H24N4O2S3. The molecule has 0 saturated heterocycles. The Kier molecular flexibility index (Phi) is 7.49. The molecule has 1 N–H and O–H groups in total. The van der Waals surface area contributed by atoms with Crippen molar-refractivity contribution in [2.45, 2.75) is 41.7 Å². The Morgan fingerprint density at radius 2 is 1.90 bits per heavy atom. The van der Waals surface area contributed by atoms with Gasteiger partial charge in [-0.05, 0) is 38.1 Å². The van der Waals surface area contributed by atoms with Crippen molar-refractivity contribution in [3.05, 3.63) is 59.9 Å². The summed E-state index contributed by atoms with van der Waals surface area (Å²) in [6, 6.07) is 16.0. The third kappa shape index (κ3) is 5.79. The van der Waals surface area contributed by atoms with Gasteiger partial charge in [-0.15, -0.1) is 21.5 Å². The van der Waals surface area contributed by atoms with Gasteiger partial charge in [-0.3, -0.25) is 0 Å². The number of fused-ring (bicyclic) bond motifs is 1. The summed E-state index contributed by atoms with van der Waals surface area (Å²) >= 11 is 4.88. The number of rotatable bonds is 10. The number of aliphatic hydroxyl groups is 1. The van der Waals surface area contributed by atoms with Gasteiger partial charge in [-0.25, -0.2) is 4.98 Å². The fourth-order valence-corrected chi connectivity index (χ4v) is 5.87. The van der Waals surface area contributed by atoms with Crippen LogP contribution in [0.3, 0.4) is 0 Å². The van der Waals surface area contributed by atoms with Crippen molar-refractivity contribution < 1.29 is 9.84 Å². The SMILES string of the molecule is CCn1c(CSc2nc3ccccc3s2)nnc1SC[C@H](O)COc1ccc(C)cc1. The molecule has 31 heavy (non-hydrogen) atoms. The van der Waals surface area contributed by atoms with Gasteiger partial charge in [0.15, 0.2) is 9.50 Å². The van der Waals surface area contributed by atoms with Crippen LogP contribution in [0.25, 0.3) is 10.2 Å². The summed E-state index contributed by atoms with van der Waals surface area (Å²) in [4.78, 5) is 4.67. The molecule has 0 unspecified atom stereocenters. The number of aliphatic hydroxyl groups excluding tert-OH is 1. The van der Waals surface area contributed by atoms with Gasteiger partial charge < -0.3 is 14.4 Å². The first-order chi connectivity index (χ1) is 15.1. The van der Waals surface area contributed by atoms with Crippen LogP contribution in [0.5, 0.6) is 5.75 Å². The number of para-hydroxylation sites is 1. The summed E-state index contributed by atoms with van der Waals surface area (Å²) in [5.41, 5.74) is 2.21. The van der Waals surface area contributed by atoms with Crippen molar-refractivity contribution in [2.24, 2.45) is 0 Å². The highest BCUT2D eigenvalue weighted by Crippen LogP contribution is 2.31. The van der Waals surface area contributed by atoms with Crippen LogP contribution in [0.2, 0.25) is 0 Å². The zero-order chi connectivity index (χ0) is 21.6. The van der Waals surface area contributed by atoms with E-state index < -0.39 is 6.10 Å². The van der Waals surface area contributed by atoms with E-state index in [9.17, 15) is 5.11 Å². The lowest BCUT2D eigenvalue weighted by molar-refractivity contribution is 0.126. The topological polar surface area (TPSA) is 73.1 Å². The smallest absolute Gasteiger partial charge is 0.191 e. The Hall–Kier alpha value is -2.07. The van der Waals surface area contributed by atoms with Crippen LogP contribution in [0, 0.1) is 6.92 Å². The average molecular weight is 473 g/mol. The van der Waals surface area contributed by atoms with E-state index in [0.29, 0.717) is 11.5 Å². The third-order valence-electron chi connectivity index (χ3n) is 4.58. The lowest BCUT2D eigenvalue weighted by atomic mass is 10.2. The van der Waals surface area contributed by atoms with E-state index >= 15 is 0 Å². The number of hydrogen-bond donors (Lipinski definition) is 1.